The molecule has 0 atom stereocenters. The number of ether oxygens (including phenoxy) is 1. The van der Waals surface area contributed by atoms with E-state index in [1.807, 2.05) is 12.1 Å². The first-order valence-electron chi connectivity index (χ1n) is 5.36. The molecule has 16 heavy (non-hydrogen) atoms. The first kappa shape index (κ1) is 12.7. The number of rotatable bonds is 4. The molecule has 1 aromatic rings. The number of nitrogens with zero attached hydrogens (tertiary/aromatic N) is 1. The van der Waals surface area contributed by atoms with Crippen LogP contribution in [-0.2, 0) is 22.5 Å². The molecule has 3 nitrogen and oxygen atoms in total. The molecule has 1 rings (SSSR count). The van der Waals surface area contributed by atoms with Crippen molar-refractivity contribution < 1.29 is 14.0 Å². The highest BCUT2D eigenvalue weighted by Gasteiger charge is 2.08. The fraction of sp³-hybridized carbons (Fsp3) is 0.462. The van der Waals surface area contributed by atoms with Gasteiger partial charge in [0.05, 0.1) is 34.7 Å². The topological polar surface area (TPSA) is 26.3 Å². The second-order valence-electron chi connectivity index (χ2n) is 5.02. The molecule has 1 aromatic carbocycles. The highest BCUT2D eigenvalue weighted by Crippen LogP contribution is 2.09. The largest absolute Gasteiger partial charge is 0.469 e. The Bertz CT molecular complexity index is 349. The van der Waals surface area contributed by atoms with Crippen molar-refractivity contribution in [2.24, 2.45) is 0 Å². The third kappa shape index (κ3) is 4.45. The molecule has 0 unspecified atom stereocenters. The molecule has 88 valence electrons. The van der Waals surface area contributed by atoms with E-state index in [1.54, 1.807) is 0 Å². The highest BCUT2D eigenvalue weighted by molar-refractivity contribution is 5.72. The van der Waals surface area contributed by atoms with Crippen molar-refractivity contribution >= 4 is 5.97 Å². The molecule has 0 aromatic heterocycles. The van der Waals surface area contributed by atoms with Gasteiger partial charge in [0.25, 0.3) is 0 Å². The van der Waals surface area contributed by atoms with Crippen molar-refractivity contribution in [3.05, 3.63) is 35.4 Å². The fourth-order valence-electron chi connectivity index (χ4n) is 1.55. The SMILES string of the molecule is COC(=O)Cc1ccc(C[N+](C)(C)C)cc1. The Morgan fingerprint density at radius 2 is 1.62 bits per heavy atom. The Kier molecular flexibility index (Phi) is 4.07. The Morgan fingerprint density at radius 3 is 2.06 bits per heavy atom. The normalized spacial score (nSPS) is 11.2. The summed E-state index contributed by atoms with van der Waals surface area (Å²) >= 11 is 0. The van der Waals surface area contributed by atoms with Gasteiger partial charge in [-0.05, 0) is 5.56 Å². The minimum atomic E-state index is -0.195. The number of carbonyl (C=O) groups is 1. The molecule has 0 aliphatic rings. The lowest BCUT2D eigenvalue weighted by Gasteiger charge is -2.23. The van der Waals surface area contributed by atoms with Crippen molar-refractivity contribution in [3.63, 3.8) is 0 Å². The molecule has 0 bridgehead atoms. The number of methoxy groups -OCH3 is 1. The zero-order valence-electron chi connectivity index (χ0n) is 10.5. The van der Waals surface area contributed by atoms with Gasteiger partial charge in [-0.15, -0.1) is 0 Å². The third-order valence-electron chi connectivity index (χ3n) is 2.26. The fourth-order valence-corrected chi connectivity index (χ4v) is 1.55. The Labute approximate surface area is 97.2 Å². The molecule has 0 aliphatic heterocycles. The van der Waals surface area contributed by atoms with Gasteiger partial charge in [0.1, 0.15) is 6.54 Å². The highest BCUT2D eigenvalue weighted by atomic mass is 16.5. The summed E-state index contributed by atoms with van der Waals surface area (Å²) in [6.07, 6.45) is 0.348. The number of hydrogen-bond acceptors (Lipinski definition) is 2. The van der Waals surface area contributed by atoms with Crippen LogP contribution in [0, 0.1) is 0 Å². The summed E-state index contributed by atoms with van der Waals surface area (Å²) in [6.45, 7) is 0.985. The minimum Gasteiger partial charge on any atom is -0.469 e. The van der Waals surface area contributed by atoms with Crippen molar-refractivity contribution in [1.29, 1.82) is 0 Å². The predicted molar refractivity (Wildman–Crippen MR) is 63.9 cm³/mol. The van der Waals surface area contributed by atoms with Crippen molar-refractivity contribution in [1.82, 2.24) is 0 Å². The van der Waals surface area contributed by atoms with Crippen molar-refractivity contribution in [3.8, 4) is 0 Å². The van der Waals surface area contributed by atoms with Gasteiger partial charge in [-0.3, -0.25) is 4.79 Å². The van der Waals surface area contributed by atoms with E-state index in [1.165, 1.54) is 12.7 Å². The van der Waals surface area contributed by atoms with Gasteiger partial charge in [-0.25, -0.2) is 0 Å². The lowest BCUT2D eigenvalue weighted by Crippen LogP contribution is -2.33. The standard InChI is InChI=1S/C13H20NO2/c1-14(2,3)10-12-7-5-11(6-8-12)9-13(15)16-4/h5-8H,9-10H2,1-4H3/q+1. The second-order valence-corrected chi connectivity index (χ2v) is 5.02. The Morgan fingerprint density at radius 1 is 1.12 bits per heavy atom. The predicted octanol–water partition coefficient (Wildman–Crippen LogP) is 1.61. The van der Waals surface area contributed by atoms with Gasteiger partial charge < -0.3 is 9.22 Å². The number of esters is 1. The summed E-state index contributed by atoms with van der Waals surface area (Å²) in [6, 6.07) is 8.12. The molecule has 0 aliphatic carbocycles. The Hall–Kier alpha value is -1.35. The smallest absolute Gasteiger partial charge is 0.309 e. The number of carbonyl (C=O) groups excluding carboxylic acids is 1. The van der Waals surface area contributed by atoms with E-state index >= 15 is 0 Å². The van der Waals surface area contributed by atoms with Crippen LogP contribution in [0.2, 0.25) is 0 Å². The van der Waals surface area contributed by atoms with Gasteiger partial charge in [0.15, 0.2) is 0 Å². The third-order valence-corrected chi connectivity index (χ3v) is 2.26. The minimum absolute atomic E-state index is 0.195. The van der Waals surface area contributed by atoms with Gasteiger partial charge in [-0.2, -0.15) is 0 Å². The molecule has 0 saturated carbocycles. The van der Waals surface area contributed by atoms with Crippen LogP contribution < -0.4 is 0 Å². The van der Waals surface area contributed by atoms with Crippen LogP contribution in [0.5, 0.6) is 0 Å². The van der Waals surface area contributed by atoms with Crippen LogP contribution in [0.4, 0.5) is 0 Å². The second kappa shape index (κ2) is 5.12. The van der Waals surface area contributed by atoms with E-state index in [9.17, 15) is 4.79 Å². The van der Waals surface area contributed by atoms with E-state index in [0.29, 0.717) is 6.42 Å². The Balaban J connectivity index is 2.64. The molecular weight excluding hydrogens is 202 g/mol. The van der Waals surface area contributed by atoms with Crippen molar-refractivity contribution in [2.45, 2.75) is 13.0 Å². The van der Waals surface area contributed by atoms with Crippen LogP contribution in [0.25, 0.3) is 0 Å². The summed E-state index contributed by atoms with van der Waals surface area (Å²) in [5, 5.41) is 0. The van der Waals surface area contributed by atoms with Gasteiger partial charge in [0, 0.05) is 5.56 Å². The molecule has 0 radical (unpaired) electrons. The molecule has 0 heterocycles. The zero-order chi connectivity index (χ0) is 12.2. The van der Waals surface area contributed by atoms with Crippen LogP contribution in [0.15, 0.2) is 24.3 Å². The summed E-state index contributed by atoms with van der Waals surface area (Å²) in [4.78, 5) is 11.1. The maximum atomic E-state index is 11.1. The number of hydrogen-bond donors (Lipinski definition) is 0. The average Bonchev–Trinajstić information content (AvgIpc) is 2.18. The maximum absolute atomic E-state index is 11.1. The van der Waals surface area contributed by atoms with Gasteiger partial charge >= 0.3 is 5.97 Å². The zero-order valence-corrected chi connectivity index (χ0v) is 10.5. The number of benzene rings is 1. The van der Waals surface area contributed by atoms with Crippen LogP contribution >= 0.6 is 0 Å². The first-order valence-corrected chi connectivity index (χ1v) is 5.36. The van der Waals surface area contributed by atoms with E-state index in [4.69, 9.17) is 0 Å². The van der Waals surface area contributed by atoms with Crippen molar-refractivity contribution in [2.75, 3.05) is 28.3 Å². The summed E-state index contributed by atoms with van der Waals surface area (Å²) < 4.78 is 5.52. The molecule has 0 spiro atoms. The lowest BCUT2D eigenvalue weighted by molar-refractivity contribution is -0.884. The van der Waals surface area contributed by atoms with E-state index in [0.717, 1.165) is 16.6 Å². The maximum Gasteiger partial charge on any atom is 0.309 e. The monoisotopic (exact) mass is 222 g/mol. The molecule has 3 heteroatoms. The van der Waals surface area contributed by atoms with Gasteiger partial charge in [-0.1, -0.05) is 24.3 Å². The summed E-state index contributed by atoms with van der Waals surface area (Å²) in [7, 11) is 7.88. The molecule has 0 saturated heterocycles. The molecule has 0 amide bonds. The van der Waals surface area contributed by atoms with Crippen LogP contribution in [0.3, 0.4) is 0 Å². The molecule has 0 N–H and O–H groups in total. The van der Waals surface area contributed by atoms with Crippen LogP contribution in [-0.4, -0.2) is 38.7 Å². The number of quaternary nitrogens is 1. The van der Waals surface area contributed by atoms with E-state index in [-0.39, 0.29) is 5.97 Å². The van der Waals surface area contributed by atoms with E-state index < -0.39 is 0 Å². The molecule has 0 fully saturated rings. The first-order chi connectivity index (χ1) is 7.40. The quantitative estimate of drug-likeness (QED) is 0.571. The van der Waals surface area contributed by atoms with Gasteiger partial charge in [0.2, 0.25) is 0 Å². The van der Waals surface area contributed by atoms with Crippen LogP contribution in [0.1, 0.15) is 11.1 Å². The summed E-state index contributed by atoms with van der Waals surface area (Å²) in [5.74, 6) is -0.195. The molecular formula is C13H20NO2+. The lowest BCUT2D eigenvalue weighted by atomic mass is 10.1. The summed E-state index contributed by atoms with van der Waals surface area (Å²) in [5.41, 5.74) is 2.28. The van der Waals surface area contributed by atoms with E-state index in [2.05, 4.69) is 38.0 Å². The average molecular weight is 222 g/mol.